The summed E-state index contributed by atoms with van der Waals surface area (Å²) in [6.45, 7) is 4.99. The molecule has 1 saturated carbocycles. The minimum Gasteiger partial charge on any atom is -0.370 e. The summed E-state index contributed by atoms with van der Waals surface area (Å²) in [5, 5.41) is 0. The van der Waals surface area contributed by atoms with E-state index in [0.29, 0.717) is 17.6 Å². The average molecular weight is 168 g/mol. The molecule has 0 N–H and O–H groups in total. The van der Waals surface area contributed by atoms with E-state index in [4.69, 9.17) is 4.74 Å². The van der Waals surface area contributed by atoms with Gasteiger partial charge < -0.3 is 4.74 Å². The Labute approximate surface area is 73.3 Å². The van der Waals surface area contributed by atoms with Crippen LogP contribution in [0.25, 0.3) is 0 Å². The maximum atomic E-state index is 11.6. The summed E-state index contributed by atoms with van der Waals surface area (Å²) in [5.41, 5.74) is 0. The van der Waals surface area contributed by atoms with Crippen molar-refractivity contribution in [3.63, 3.8) is 0 Å². The summed E-state index contributed by atoms with van der Waals surface area (Å²) in [7, 11) is 0. The van der Waals surface area contributed by atoms with Crippen LogP contribution in [0.15, 0.2) is 0 Å². The SMILES string of the molecule is CC1CCC2C(C)COC2C1=O. The van der Waals surface area contributed by atoms with Crippen molar-refractivity contribution in [3.05, 3.63) is 0 Å². The van der Waals surface area contributed by atoms with Crippen molar-refractivity contribution in [3.8, 4) is 0 Å². The first kappa shape index (κ1) is 8.24. The molecule has 0 aromatic rings. The molecule has 0 aromatic carbocycles. The number of Topliss-reactive ketones (excluding diaryl/α,β-unsaturated/α-hetero) is 1. The number of hydrogen-bond acceptors (Lipinski definition) is 2. The molecule has 0 spiro atoms. The van der Waals surface area contributed by atoms with E-state index in [2.05, 4.69) is 6.92 Å². The molecule has 0 amide bonds. The molecule has 2 fully saturated rings. The van der Waals surface area contributed by atoms with Gasteiger partial charge in [-0.15, -0.1) is 0 Å². The third-order valence-electron chi connectivity index (χ3n) is 3.36. The van der Waals surface area contributed by atoms with Crippen LogP contribution in [-0.2, 0) is 9.53 Å². The lowest BCUT2D eigenvalue weighted by atomic mass is 9.76. The van der Waals surface area contributed by atoms with Crippen molar-refractivity contribution in [2.24, 2.45) is 17.8 Å². The van der Waals surface area contributed by atoms with Crippen molar-refractivity contribution in [2.75, 3.05) is 6.61 Å². The molecule has 1 aliphatic carbocycles. The Balaban J connectivity index is 2.14. The fourth-order valence-electron chi connectivity index (χ4n) is 2.40. The standard InChI is InChI=1S/C10H16O2/c1-6-3-4-8-7(2)5-12-10(8)9(6)11/h6-8,10H,3-5H2,1-2H3. The first-order valence-corrected chi connectivity index (χ1v) is 4.85. The summed E-state index contributed by atoms with van der Waals surface area (Å²) in [4.78, 5) is 11.6. The van der Waals surface area contributed by atoms with Crippen LogP contribution < -0.4 is 0 Å². The molecular formula is C10H16O2. The lowest BCUT2D eigenvalue weighted by Crippen LogP contribution is -2.37. The third kappa shape index (κ3) is 1.09. The normalized spacial score (nSPS) is 47.7. The topological polar surface area (TPSA) is 26.3 Å². The smallest absolute Gasteiger partial charge is 0.164 e. The quantitative estimate of drug-likeness (QED) is 0.549. The van der Waals surface area contributed by atoms with E-state index < -0.39 is 0 Å². The van der Waals surface area contributed by atoms with Crippen LogP contribution in [0.3, 0.4) is 0 Å². The van der Waals surface area contributed by atoms with Crippen molar-refractivity contribution < 1.29 is 9.53 Å². The highest BCUT2D eigenvalue weighted by Gasteiger charge is 2.43. The van der Waals surface area contributed by atoms with Gasteiger partial charge in [0.25, 0.3) is 0 Å². The van der Waals surface area contributed by atoms with Gasteiger partial charge in [-0.25, -0.2) is 0 Å². The zero-order valence-corrected chi connectivity index (χ0v) is 7.75. The molecule has 2 aliphatic rings. The Morgan fingerprint density at radius 3 is 2.83 bits per heavy atom. The number of ketones is 1. The Morgan fingerprint density at radius 1 is 1.33 bits per heavy atom. The van der Waals surface area contributed by atoms with Gasteiger partial charge in [0.1, 0.15) is 6.10 Å². The van der Waals surface area contributed by atoms with Crippen LogP contribution >= 0.6 is 0 Å². The van der Waals surface area contributed by atoms with Crippen LogP contribution in [0.4, 0.5) is 0 Å². The molecule has 4 atom stereocenters. The second-order valence-corrected chi connectivity index (χ2v) is 4.28. The van der Waals surface area contributed by atoms with Crippen LogP contribution in [0, 0.1) is 17.8 Å². The number of hydrogen-bond donors (Lipinski definition) is 0. The molecule has 0 aromatic heterocycles. The van der Waals surface area contributed by atoms with E-state index in [0.717, 1.165) is 13.0 Å². The summed E-state index contributed by atoms with van der Waals surface area (Å²) in [6.07, 6.45) is 2.19. The highest BCUT2D eigenvalue weighted by Crippen LogP contribution is 2.37. The van der Waals surface area contributed by atoms with E-state index in [9.17, 15) is 4.79 Å². The molecule has 12 heavy (non-hydrogen) atoms. The molecule has 1 aliphatic heterocycles. The fourth-order valence-corrected chi connectivity index (χ4v) is 2.40. The van der Waals surface area contributed by atoms with Gasteiger partial charge in [0.05, 0.1) is 6.61 Å². The second-order valence-electron chi connectivity index (χ2n) is 4.28. The number of ether oxygens (including phenoxy) is 1. The third-order valence-corrected chi connectivity index (χ3v) is 3.36. The van der Waals surface area contributed by atoms with Gasteiger partial charge in [-0.05, 0) is 24.7 Å². The summed E-state index contributed by atoms with van der Waals surface area (Å²) < 4.78 is 5.50. The van der Waals surface area contributed by atoms with Crippen molar-refractivity contribution >= 4 is 5.78 Å². The van der Waals surface area contributed by atoms with E-state index in [-0.39, 0.29) is 12.0 Å². The van der Waals surface area contributed by atoms with Gasteiger partial charge in [0.15, 0.2) is 5.78 Å². The lowest BCUT2D eigenvalue weighted by molar-refractivity contribution is -0.136. The van der Waals surface area contributed by atoms with Crippen LogP contribution in [0.2, 0.25) is 0 Å². The van der Waals surface area contributed by atoms with Gasteiger partial charge in [-0.1, -0.05) is 13.8 Å². The van der Waals surface area contributed by atoms with Gasteiger partial charge in [-0.2, -0.15) is 0 Å². The zero-order valence-electron chi connectivity index (χ0n) is 7.75. The van der Waals surface area contributed by atoms with Crippen molar-refractivity contribution in [1.82, 2.24) is 0 Å². The van der Waals surface area contributed by atoms with E-state index >= 15 is 0 Å². The summed E-state index contributed by atoms with van der Waals surface area (Å²) in [5.74, 6) is 1.69. The molecule has 0 bridgehead atoms. The second kappa shape index (κ2) is 2.84. The molecule has 68 valence electrons. The lowest BCUT2D eigenvalue weighted by Gasteiger charge is -2.28. The zero-order chi connectivity index (χ0) is 8.72. The predicted molar refractivity (Wildman–Crippen MR) is 45.8 cm³/mol. The molecule has 2 nitrogen and oxygen atoms in total. The highest BCUT2D eigenvalue weighted by atomic mass is 16.5. The van der Waals surface area contributed by atoms with E-state index in [1.807, 2.05) is 6.92 Å². The van der Waals surface area contributed by atoms with Gasteiger partial charge in [-0.3, -0.25) is 4.79 Å². The molecule has 2 rings (SSSR count). The molecule has 2 heteroatoms. The highest BCUT2D eigenvalue weighted by molar-refractivity contribution is 5.86. The molecule has 1 heterocycles. The van der Waals surface area contributed by atoms with E-state index in [1.54, 1.807) is 0 Å². The van der Waals surface area contributed by atoms with Gasteiger partial charge >= 0.3 is 0 Å². The first-order chi connectivity index (χ1) is 5.70. The minimum atomic E-state index is -0.0521. The van der Waals surface area contributed by atoms with Crippen molar-refractivity contribution in [2.45, 2.75) is 32.8 Å². The van der Waals surface area contributed by atoms with Crippen LogP contribution in [-0.4, -0.2) is 18.5 Å². The Bertz CT molecular complexity index is 200. The maximum absolute atomic E-state index is 11.6. The Kier molecular flexibility index (Phi) is 1.95. The number of rotatable bonds is 0. The summed E-state index contributed by atoms with van der Waals surface area (Å²) in [6, 6.07) is 0. The molecule has 4 unspecified atom stereocenters. The number of fused-ring (bicyclic) bond motifs is 1. The van der Waals surface area contributed by atoms with Crippen LogP contribution in [0.1, 0.15) is 26.7 Å². The average Bonchev–Trinajstić information content (AvgIpc) is 2.41. The monoisotopic (exact) mass is 168 g/mol. The molecule has 0 radical (unpaired) electrons. The minimum absolute atomic E-state index is 0.0521. The first-order valence-electron chi connectivity index (χ1n) is 4.85. The van der Waals surface area contributed by atoms with E-state index in [1.165, 1.54) is 6.42 Å². The molecule has 1 saturated heterocycles. The molecular weight excluding hydrogens is 152 g/mol. The fraction of sp³-hybridized carbons (Fsp3) is 0.900. The summed E-state index contributed by atoms with van der Waals surface area (Å²) >= 11 is 0. The van der Waals surface area contributed by atoms with Crippen molar-refractivity contribution in [1.29, 1.82) is 0 Å². The van der Waals surface area contributed by atoms with Crippen LogP contribution in [0.5, 0.6) is 0 Å². The predicted octanol–water partition coefficient (Wildman–Crippen LogP) is 1.64. The Morgan fingerprint density at radius 2 is 2.08 bits per heavy atom. The van der Waals surface area contributed by atoms with Gasteiger partial charge in [0.2, 0.25) is 0 Å². The Hall–Kier alpha value is -0.370. The number of carbonyl (C=O) groups excluding carboxylic acids is 1. The number of carbonyl (C=O) groups is 1. The van der Waals surface area contributed by atoms with Gasteiger partial charge in [0, 0.05) is 5.92 Å². The largest absolute Gasteiger partial charge is 0.370 e. The maximum Gasteiger partial charge on any atom is 0.164 e.